The molecule has 3 nitrogen and oxygen atoms in total. The Bertz CT molecular complexity index is 384. The van der Waals surface area contributed by atoms with Crippen molar-refractivity contribution in [1.29, 1.82) is 0 Å². The van der Waals surface area contributed by atoms with Gasteiger partial charge in [0.2, 0.25) is 0 Å². The van der Waals surface area contributed by atoms with E-state index in [9.17, 15) is 4.79 Å². The van der Waals surface area contributed by atoms with Gasteiger partial charge in [-0.15, -0.1) is 12.4 Å². The minimum Gasteiger partial charge on any atom is -0.352 e. The molecule has 3 N–H and O–H groups in total. The Morgan fingerprint density at radius 3 is 1.78 bits per heavy atom. The monoisotopic (exact) mass is 340 g/mol. The highest BCUT2D eigenvalue weighted by Gasteiger charge is 2.02. The summed E-state index contributed by atoms with van der Waals surface area (Å²) in [5, 5.41) is 2.98. The second-order valence-corrected chi connectivity index (χ2v) is 5.95. The number of benzene rings is 1. The van der Waals surface area contributed by atoms with Crippen LogP contribution >= 0.6 is 12.4 Å². The number of rotatable bonds is 13. The predicted octanol–water partition coefficient (Wildman–Crippen LogP) is 4.70. The van der Waals surface area contributed by atoms with Crippen molar-refractivity contribution >= 4 is 18.3 Å². The highest BCUT2D eigenvalue weighted by atomic mass is 35.5. The normalized spacial score (nSPS) is 10.1. The lowest BCUT2D eigenvalue weighted by Gasteiger charge is -2.05. The van der Waals surface area contributed by atoms with E-state index in [2.05, 4.69) is 5.32 Å². The zero-order valence-corrected chi connectivity index (χ0v) is 15.1. The maximum atomic E-state index is 11.8. The molecule has 0 fully saturated rings. The van der Waals surface area contributed by atoms with Gasteiger partial charge < -0.3 is 11.1 Å². The Kier molecular flexibility index (Phi) is 15.1. The number of nitrogens with two attached hydrogens (primary N) is 1. The lowest BCUT2D eigenvalue weighted by molar-refractivity contribution is 0.0953. The van der Waals surface area contributed by atoms with E-state index in [1.165, 1.54) is 57.8 Å². The summed E-state index contributed by atoms with van der Waals surface area (Å²) in [4.78, 5) is 11.8. The molecular formula is C19H33ClN2O. The molecular weight excluding hydrogens is 308 g/mol. The summed E-state index contributed by atoms with van der Waals surface area (Å²) in [6.45, 7) is 1.62. The van der Waals surface area contributed by atoms with E-state index >= 15 is 0 Å². The van der Waals surface area contributed by atoms with Crippen LogP contribution in [-0.4, -0.2) is 19.0 Å². The lowest BCUT2D eigenvalue weighted by atomic mass is 10.1. The molecule has 1 aromatic rings. The van der Waals surface area contributed by atoms with Crippen molar-refractivity contribution in [3.8, 4) is 0 Å². The molecule has 1 aromatic carbocycles. The molecule has 1 rings (SSSR count). The van der Waals surface area contributed by atoms with Crippen molar-refractivity contribution in [3.63, 3.8) is 0 Å². The van der Waals surface area contributed by atoms with Crippen LogP contribution < -0.4 is 11.1 Å². The Balaban J connectivity index is 0.00000484. The van der Waals surface area contributed by atoms with Crippen LogP contribution in [0.2, 0.25) is 0 Å². The van der Waals surface area contributed by atoms with Gasteiger partial charge >= 0.3 is 0 Å². The summed E-state index contributed by atoms with van der Waals surface area (Å²) < 4.78 is 0. The van der Waals surface area contributed by atoms with Crippen LogP contribution in [0.15, 0.2) is 30.3 Å². The maximum absolute atomic E-state index is 11.8. The molecule has 0 saturated carbocycles. The number of nitrogens with one attached hydrogen (secondary N) is 1. The topological polar surface area (TPSA) is 55.1 Å². The van der Waals surface area contributed by atoms with Crippen LogP contribution in [0.4, 0.5) is 0 Å². The fourth-order valence-corrected chi connectivity index (χ4v) is 2.58. The number of hydrogen-bond donors (Lipinski definition) is 2. The van der Waals surface area contributed by atoms with Gasteiger partial charge in [0.15, 0.2) is 0 Å². The van der Waals surface area contributed by atoms with Crippen LogP contribution in [-0.2, 0) is 0 Å². The molecule has 4 heteroatoms. The highest BCUT2D eigenvalue weighted by molar-refractivity contribution is 5.94. The molecule has 0 aliphatic rings. The summed E-state index contributed by atoms with van der Waals surface area (Å²) in [6.07, 6.45) is 12.8. The largest absolute Gasteiger partial charge is 0.352 e. The fourth-order valence-electron chi connectivity index (χ4n) is 2.58. The van der Waals surface area contributed by atoms with E-state index in [0.717, 1.165) is 25.1 Å². The summed E-state index contributed by atoms with van der Waals surface area (Å²) in [5.41, 5.74) is 6.22. The summed E-state index contributed by atoms with van der Waals surface area (Å²) in [5.74, 6) is 0.0399. The highest BCUT2D eigenvalue weighted by Crippen LogP contribution is 2.10. The van der Waals surface area contributed by atoms with Crippen LogP contribution in [0.3, 0.4) is 0 Å². The van der Waals surface area contributed by atoms with Crippen LogP contribution in [0.1, 0.15) is 74.6 Å². The summed E-state index contributed by atoms with van der Waals surface area (Å²) in [6, 6.07) is 9.41. The minimum absolute atomic E-state index is 0. The van der Waals surface area contributed by atoms with Gasteiger partial charge in [-0.3, -0.25) is 4.79 Å². The molecule has 0 aliphatic carbocycles. The average Bonchev–Trinajstić information content (AvgIpc) is 2.56. The first-order valence-electron chi connectivity index (χ1n) is 8.88. The van der Waals surface area contributed by atoms with Gasteiger partial charge in [-0.1, -0.05) is 69.6 Å². The van der Waals surface area contributed by atoms with Crippen molar-refractivity contribution in [2.45, 2.75) is 64.2 Å². The summed E-state index contributed by atoms with van der Waals surface area (Å²) >= 11 is 0. The number of carbonyl (C=O) groups is 1. The standard InChI is InChI=1S/C19H32N2O.ClH/c20-16-12-7-5-3-1-2-4-6-8-13-17-21-19(22)18-14-10-9-11-15-18;/h9-11,14-15H,1-8,12-13,16-17,20H2,(H,21,22);1H. The smallest absolute Gasteiger partial charge is 0.251 e. The Labute approximate surface area is 147 Å². The Morgan fingerprint density at radius 2 is 1.26 bits per heavy atom. The molecule has 1 amide bonds. The number of unbranched alkanes of at least 4 members (excludes halogenated alkanes) is 9. The summed E-state index contributed by atoms with van der Waals surface area (Å²) in [7, 11) is 0. The Morgan fingerprint density at radius 1 is 0.783 bits per heavy atom. The number of carbonyl (C=O) groups excluding carboxylic acids is 1. The molecule has 0 bridgehead atoms. The third-order valence-electron chi connectivity index (χ3n) is 3.95. The van der Waals surface area contributed by atoms with E-state index in [1.54, 1.807) is 0 Å². The maximum Gasteiger partial charge on any atom is 0.251 e. The molecule has 0 aliphatic heterocycles. The van der Waals surface area contributed by atoms with Crippen molar-refractivity contribution in [2.75, 3.05) is 13.1 Å². The van der Waals surface area contributed by atoms with Gasteiger partial charge in [0.25, 0.3) is 5.91 Å². The zero-order chi connectivity index (χ0) is 15.9. The van der Waals surface area contributed by atoms with Crippen molar-refractivity contribution in [2.24, 2.45) is 5.73 Å². The minimum atomic E-state index is 0. The lowest BCUT2D eigenvalue weighted by Crippen LogP contribution is -2.24. The average molecular weight is 341 g/mol. The van der Waals surface area contributed by atoms with Gasteiger partial charge in [-0.25, -0.2) is 0 Å². The SMILES string of the molecule is Cl.NCCCCCCCCCCCCNC(=O)c1ccccc1. The molecule has 0 aromatic heterocycles. The molecule has 0 heterocycles. The van der Waals surface area contributed by atoms with Crippen LogP contribution in [0.25, 0.3) is 0 Å². The Hall–Kier alpha value is -1.06. The first-order valence-corrected chi connectivity index (χ1v) is 8.88. The zero-order valence-electron chi connectivity index (χ0n) is 14.3. The fraction of sp³-hybridized carbons (Fsp3) is 0.632. The van der Waals surface area contributed by atoms with Gasteiger partial charge in [-0.2, -0.15) is 0 Å². The van der Waals surface area contributed by atoms with E-state index in [4.69, 9.17) is 5.73 Å². The third kappa shape index (κ3) is 12.1. The van der Waals surface area contributed by atoms with Crippen LogP contribution in [0.5, 0.6) is 0 Å². The van der Waals surface area contributed by atoms with Crippen molar-refractivity contribution < 1.29 is 4.79 Å². The quantitative estimate of drug-likeness (QED) is 0.511. The van der Waals surface area contributed by atoms with Gasteiger partial charge in [-0.05, 0) is 31.5 Å². The molecule has 132 valence electrons. The van der Waals surface area contributed by atoms with E-state index in [1.807, 2.05) is 30.3 Å². The van der Waals surface area contributed by atoms with E-state index < -0.39 is 0 Å². The van der Waals surface area contributed by atoms with Crippen molar-refractivity contribution in [1.82, 2.24) is 5.32 Å². The predicted molar refractivity (Wildman–Crippen MR) is 101 cm³/mol. The number of amides is 1. The molecule has 0 atom stereocenters. The van der Waals surface area contributed by atoms with E-state index in [-0.39, 0.29) is 18.3 Å². The first kappa shape index (κ1) is 21.9. The number of hydrogen-bond acceptors (Lipinski definition) is 2. The van der Waals surface area contributed by atoms with Gasteiger partial charge in [0, 0.05) is 12.1 Å². The number of halogens is 1. The second-order valence-electron chi connectivity index (χ2n) is 5.95. The van der Waals surface area contributed by atoms with Crippen LogP contribution in [0, 0.1) is 0 Å². The molecule has 0 saturated heterocycles. The molecule has 0 spiro atoms. The molecule has 23 heavy (non-hydrogen) atoms. The molecule has 0 unspecified atom stereocenters. The first-order chi connectivity index (χ1) is 10.8. The van der Waals surface area contributed by atoms with Crippen molar-refractivity contribution in [3.05, 3.63) is 35.9 Å². The third-order valence-corrected chi connectivity index (χ3v) is 3.95. The molecule has 0 radical (unpaired) electrons. The van der Waals surface area contributed by atoms with E-state index in [0.29, 0.717) is 0 Å². The van der Waals surface area contributed by atoms with Gasteiger partial charge in [0.05, 0.1) is 0 Å². The second kappa shape index (κ2) is 15.8. The van der Waals surface area contributed by atoms with Gasteiger partial charge in [0.1, 0.15) is 0 Å².